The van der Waals surface area contributed by atoms with Gasteiger partial charge in [-0.25, -0.2) is 0 Å². The molecule has 17 heavy (non-hydrogen) atoms. The lowest BCUT2D eigenvalue weighted by Gasteiger charge is -2.07. The highest BCUT2D eigenvalue weighted by Crippen LogP contribution is 2.47. The van der Waals surface area contributed by atoms with E-state index in [2.05, 4.69) is 5.16 Å². The Balaban J connectivity index is 2.16. The molecular formula is C13H14N2O2. The largest absolute Gasteiger partial charge is 0.496 e. The number of para-hydroxylation sites is 1. The molecule has 1 aliphatic rings. The van der Waals surface area contributed by atoms with Crippen molar-refractivity contribution in [2.45, 2.75) is 18.8 Å². The average Bonchev–Trinajstić information content (AvgIpc) is 3.13. The maximum Gasteiger partial charge on any atom is 0.175 e. The van der Waals surface area contributed by atoms with Crippen LogP contribution in [0.25, 0.3) is 11.1 Å². The quantitative estimate of drug-likeness (QED) is 0.880. The van der Waals surface area contributed by atoms with Crippen LogP contribution in [-0.2, 0) is 0 Å². The lowest BCUT2D eigenvalue weighted by molar-refractivity contribution is 0.387. The minimum absolute atomic E-state index is 0.441. The molecule has 2 aromatic rings. The minimum atomic E-state index is 0.441. The third kappa shape index (κ3) is 1.65. The first-order valence-electron chi connectivity index (χ1n) is 5.69. The molecule has 0 bridgehead atoms. The molecular weight excluding hydrogens is 216 g/mol. The minimum Gasteiger partial charge on any atom is -0.496 e. The highest BCUT2D eigenvalue weighted by atomic mass is 16.5. The molecule has 3 rings (SSSR count). The number of nitrogen functional groups attached to an aromatic ring is 1. The van der Waals surface area contributed by atoms with Crippen molar-refractivity contribution in [1.82, 2.24) is 5.16 Å². The van der Waals surface area contributed by atoms with Crippen LogP contribution in [0.4, 0.5) is 5.82 Å². The summed E-state index contributed by atoms with van der Waals surface area (Å²) in [4.78, 5) is 0. The monoisotopic (exact) mass is 230 g/mol. The van der Waals surface area contributed by atoms with E-state index in [1.807, 2.05) is 24.3 Å². The van der Waals surface area contributed by atoms with E-state index in [4.69, 9.17) is 15.0 Å². The Morgan fingerprint density at radius 1 is 1.35 bits per heavy atom. The van der Waals surface area contributed by atoms with Gasteiger partial charge in [0.2, 0.25) is 0 Å². The molecule has 1 saturated carbocycles. The molecule has 88 valence electrons. The highest BCUT2D eigenvalue weighted by Gasteiger charge is 2.33. The van der Waals surface area contributed by atoms with Gasteiger partial charge in [-0.05, 0) is 18.9 Å². The molecule has 1 heterocycles. The number of rotatable bonds is 3. The lowest BCUT2D eigenvalue weighted by Crippen LogP contribution is -1.93. The van der Waals surface area contributed by atoms with Gasteiger partial charge in [-0.2, -0.15) is 0 Å². The molecule has 4 heteroatoms. The molecule has 0 saturated heterocycles. The summed E-state index contributed by atoms with van der Waals surface area (Å²) in [5.74, 6) is 2.60. The van der Waals surface area contributed by atoms with Gasteiger partial charge < -0.3 is 15.0 Å². The Morgan fingerprint density at radius 2 is 2.12 bits per heavy atom. The number of nitrogens with two attached hydrogens (primary N) is 1. The molecule has 0 unspecified atom stereocenters. The lowest BCUT2D eigenvalue weighted by atomic mass is 10.0. The molecule has 0 spiro atoms. The van der Waals surface area contributed by atoms with Gasteiger partial charge in [0, 0.05) is 11.5 Å². The summed E-state index contributed by atoms with van der Waals surface area (Å²) in [5.41, 5.74) is 7.75. The van der Waals surface area contributed by atoms with Gasteiger partial charge in [-0.1, -0.05) is 23.4 Å². The summed E-state index contributed by atoms with van der Waals surface area (Å²) in [6.07, 6.45) is 2.30. The van der Waals surface area contributed by atoms with Gasteiger partial charge in [0.15, 0.2) is 5.82 Å². The fourth-order valence-corrected chi connectivity index (χ4v) is 2.06. The smallest absolute Gasteiger partial charge is 0.175 e. The first-order valence-corrected chi connectivity index (χ1v) is 5.69. The van der Waals surface area contributed by atoms with Crippen LogP contribution in [0.2, 0.25) is 0 Å². The number of hydrogen-bond donors (Lipinski definition) is 1. The maximum atomic E-state index is 5.90. The van der Waals surface area contributed by atoms with Crippen molar-refractivity contribution in [3.05, 3.63) is 30.0 Å². The van der Waals surface area contributed by atoms with Gasteiger partial charge in [0.05, 0.1) is 12.7 Å². The molecule has 1 aromatic carbocycles. The zero-order valence-corrected chi connectivity index (χ0v) is 9.64. The Hall–Kier alpha value is -1.97. The van der Waals surface area contributed by atoms with E-state index in [1.54, 1.807) is 7.11 Å². The first-order chi connectivity index (χ1) is 8.31. The van der Waals surface area contributed by atoms with Crippen molar-refractivity contribution in [3.8, 4) is 16.9 Å². The van der Waals surface area contributed by atoms with E-state index in [0.717, 1.165) is 35.5 Å². The fourth-order valence-electron chi connectivity index (χ4n) is 2.06. The van der Waals surface area contributed by atoms with Crippen LogP contribution in [0.5, 0.6) is 5.75 Å². The molecule has 4 nitrogen and oxygen atoms in total. The molecule has 0 atom stereocenters. The van der Waals surface area contributed by atoms with Crippen molar-refractivity contribution >= 4 is 5.82 Å². The molecule has 1 fully saturated rings. The van der Waals surface area contributed by atoms with Gasteiger partial charge in [0.1, 0.15) is 11.5 Å². The van der Waals surface area contributed by atoms with Crippen LogP contribution in [0.15, 0.2) is 28.8 Å². The van der Waals surface area contributed by atoms with Gasteiger partial charge in [-0.15, -0.1) is 0 Å². The number of ether oxygens (including phenoxy) is 1. The molecule has 1 aromatic heterocycles. The molecule has 2 N–H and O–H groups in total. The SMILES string of the molecule is COc1ccccc1-c1c(N)noc1C1CC1. The number of nitrogens with zero attached hydrogens (tertiary/aromatic N) is 1. The number of methoxy groups -OCH3 is 1. The second kappa shape index (κ2) is 3.80. The normalized spacial score (nSPS) is 14.9. The standard InChI is InChI=1S/C13H14N2O2/c1-16-10-5-3-2-4-9(10)11-12(8-6-7-8)17-15-13(11)14/h2-5,8H,6-7H2,1H3,(H2,14,15). The highest BCUT2D eigenvalue weighted by molar-refractivity contribution is 5.80. The number of anilines is 1. The Labute approximate surface area is 99.4 Å². The zero-order valence-electron chi connectivity index (χ0n) is 9.64. The Kier molecular flexibility index (Phi) is 2.28. The summed E-state index contributed by atoms with van der Waals surface area (Å²) >= 11 is 0. The third-order valence-corrected chi connectivity index (χ3v) is 3.07. The van der Waals surface area contributed by atoms with Gasteiger partial charge >= 0.3 is 0 Å². The number of aromatic nitrogens is 1. The summed E-state index contributed by atoms with van der Waals surface area (Å²) in [6, 6.07) is 7.79. The van der Waals surface area contributed by atoms with E-state index >= 15 is 0 Å². The van der Waals surface area contributed by atoms with Crippen molar-refractivity contribution in [1.29, 1.82) is 0 Å². The topological polar surface area (TPSA) is 61.3 Å². The molecule has 0 amide bonds. The second-order valence-electron chi connectivity index (χ2n) is 4.28. The van der Waals surface area contributed by atoms with Crippen LogP contribution >= 0.6 is 0 Å². The molecule has 0 aliphatic heterocycles. The van der Waals surface area contributed by atoms with Crippen molar-refractivity contribution < 1.29 is 9.26 Å². The predicted octanol–water partition coefficient (Wildman–Crippen LogP) is 2.81. The van der Waals surface area contributed by atoms with Crippen molar-refractivity contribution in [2.24, 2.45) is 0 Å². The fraction of sp³-hybridized carbons (Fsp3) is 0.308. The summed E-state index contributed by atoms with van der Waals surface area (Å²) in [7, 11) is 1.65. The van der Waals surface area contributed by atoms with Crippen LogP contribution in [0.1, 0.15) is 24.5 Å². The van der Waals surface area contributed by atoms with E-state index in [-0.39, 0.29) is 0 Å². The van der Waals surface area contributed by atoms with Crippen molar-refractivity contribution in [3.63, 3.8) is 0 Å². The van der Waals surface area contributed by atoms with Crippen LogP contribution in [-0.4, -0.2) is 12.3 Å². The molecule has 0 radical (unpaired) electrons. The van der Waals surface area contributed by atoms with Crippen LogP contribution < -0.4 is 10.5 Å². The number of benzene rings is 1. The summed E-state index contributed by atoms with van der Waals surface area (Å²) < 4.78 is 10.7. The van der Waals surface area contributed by atoms with E-state index < -0.39 is 0 Å². The Bertz CT molecular complexity index is 544. The van der Waals surface area contributed by atoms with Gasteiger partial charge in [-0.3, -0.25) is 0 Å². The van der Waals surface area contributed by atoms with Crippen molar-refractivity contribution in [2.75, 3.05) is 12.8 Å². The van der Waals surface area contributed by atoms with E-state index in [1.165, 1.54) is 0 Å². The van der Waals surface area contributed by atoms with Gasteiger partial charge in [0.25, 0.3) is 0 Å². The summed E-state index contributed by atoms with van der Waals surface area (Å²) in [5, 5.41) is 3.88. The third-order valence-electron chi connectivity index (χ3n) is 3.07. The van der Waals surface area contributed by atoms with Crippen LogP contribution in [0, 0.1) is 0 Å². The van der Waals surface area contributed by atoms with E-state index in [0.29, 0.717) is 11.7 Å². The molecule has 1 aliphatic carbocycles. The second-order valence-corrected chi connectivity index (χ2v) is 4.28. The zero-order chi connectivity index (χ0) is 11.8. The van der Waals surface area contributed by atoms with E-state index in [9.17, 15) is 0 Å². The average molecular weight is 230 g/mol. The van der Waals surface area contributed by atoms with Crippen LogP contribution in [0.3, 0.4) is 0 Å². The Morgan fingerprint density at radius 3 is 2.82 bits per heavy atom. The first kappa shape index (κ1) is 10.2. The summed E-state index contributed by atoms with van der Waals surface area (Å²) in [6.45, 7) is 0. The number of hydrogen-bond acceptors (Lipinski definition) is 4. The maximum absolute atomic E-state index is 5.90. The predicted molar refractivity (Wildman–Crippen MR) is 64.9 cm³/mol.